The monoisotopic (exact) mass is 313 g/mol. The van der Waals surface area contributed by atoms with Crippen molar-refractivity contribution in [3.63, 3.8) is 0 Å². The van der Waals surface area contributed by atoms with Crippen molar-refractivity contribution in [1.82, 2.24) is 25.0 Å². The number of nitrogens with zero attached hydrogens (tertiary/aromatic N) is 4. The third-order valence-corrected chi connectivity index (χ3v) is 4.07. The number of hydrogen-bond donors (Lipinski definition) is 1. The van der Waals surface area contributed by atoms with E-state index in [9.17, 15) is 4.79 Å². The molecule has 3 heterocycles. The highest BCUT2D eigenvalue weighted by Crippen LogP contribution is 2.16. The lowest BCUT2D eigenvalue weighted by Crippen LogP contribution is -2.33. The molecule has 1 amide bonds. The van der Waals surface area contributed by atoms with Crippen LogP contribution in [0.1, 0.15) is 36.0 Å². The van der Waals surface area contributed by atoms with E-state index < -0.39 is 0 Å². The summed E-state index contributed by atoms with van der Waals surface area (Å²) in [4.78, 5) is 18.2. The van der Waals surface area contributed by atoms with Gasteiger partial charge in [-0.2, -0.15) is 5.10 Å². The number of aromatic nitrogens is 3. The molecule has 0 unspecified atom stereocenters. The van der Waals surface area contributed by atoms with E-state index in [1.165, 1.54) is 11.3 Å². The Kier molecular flexibility index (Phi) is 4.71. The molecule has 122 valence electrons. The van der Waals surface area contributed by atoms with Gasteiger partial charge in [-0.1, -0.05) is 13.0 Å². The number of carbonyl (C=O) groups excluding carboxylic acids is 1. The summed E-state index contributed by atoms with van der Waals surface area (Å²) >= 11 is 0. The maximum absolute atomic E-state index is 11.3. The minimum atomic E-state index is 0.0584. The molecule has 0 saturated heterocycles. The Balaban J connectivity index is 1.60. The Morgan fingerprint density at radius 1 is 1.30 bits per heavy atom. The van der Waals surface area contributed by atoms with Crippen molar-refractivity contribution in [1.29, 1.82) is 0 Å². The molecular weight excluding hydrogens is 290 g/mol. The molecule has 0 fully saturated rings. The zero-order valence-electron chi connectivity index (χ0n) is 13.7. The average molecular weight is 313 g/mol. The van der Waals surface area contributed by atoms with E-state index in [1.54, 1.807) is 0 Å². The first-order valence-electron chi connectivity index (χ1n) is 8.10. The Labute approximate surface area is 136 Å². The number of rotatable bonds is 5. The van der Waals surface area contributed by atoms with Gasteiger partial charge in [0.25, 0.3) is 0 Å². The smallest absolute Gasteiger partial charge is 0.220 e. The summed E-state index contributed by atoms with van der Waals surface area (Å²) < 4.78 is 2.05. The quantitative estimate of drug-likeness (QED) is 0.911. The number of aryl methyl sites for hydroxylation is 1. The fourth-order valence-corrected chi connectivity index (χ4v) is 2.74. The second-order valence-corrected chi connectivity index (χ2v) is 6.02. The van der Waals surface area contributed by atoms with E-state index in [2.05, 4.69) is 45.4 Å². The van der Waals surface area contributed by atoms with E-state index in [4.69, 9.17) is 0 Å². The summed E-state index contributed by atoms with van der Waals surface area (Å²) in [6.45, 7) is 7.97. The lowest BCUT2D eigenvalue weighted by Gasteiger charge is -2.27. The molecule has 6 heteroatoms. The minimum absolute atomic E-state index is 0.0584. The van der Waals surface area contributed by atoms with Gasteiger partial charge in [-0.05, 0) is 24.6 Å². The van der Waals surface area contributed by atoms with Crippen LogP contribution in [0.15, 0.2) is 24.4 Å². The molecule has 1 N–H and O–H groups in total. The van der Waals surface area contributed by atoms with Crippen LogP contribution in [0.3, 0.4) is 0 Å². The van der Waals surface area contributed by atoms with Gasteiger partial charge >= 0.3 is 0 Å². The SMILES string of the molecule is CCC(=O)NCc1cc2n(n1)CCN(Cc1ccc(C)cn1)C2. The first-order chi connectivity index (χ1) is 11.1. The van der Waals surface area contributed by atoms with Crippen LogP contribution in [0.5, 0.6) is 0 Å². The Morgan fingerprint density at radius 3 is 2.91 bits per heavy atom. The molecule has 23 heavy (non-hydrogen) atoms. The predicted octanol–water partition coefficient (Wildman–Crippen LogP) is 1.63. The molecule has 0 spiro atoms. The molecule has 0 saturated carbocycles. The molecule has 2 aromatic heterocycles. The highest BCUT2D eigenvalue weighted by Gasteiger charge is 2.18. The van der Waals surface area contributed by atoms with E-state index in [1.807, 2.05) is 17.8 Å². The van der Waals surface area contributed by atoms with E-state index in [0.717, 1.165) is 37.6 Å². The fourth-order valence-electron chi connectivity index (χ4n) is 2.74. The standard InChI is InChI=1S/C17H23N5O/c1-3-17(23)19-10-15-8-16-12-21(6-7-22(16)20-15)11-14-5-4-13(2)9-18-14/h4-5,8-9H,3,6-7,10-12H2,1-2H3,(H,19,23). The van der Waals surface area contributed by atoms with Crippen molar-refractivity contribution in [2.75, 3.05) is 6.54 Å². The van der Waals surface area contributed by atoms with Crippen molar-refractivity contribution < 1.29 is 4.79 Å². The molecular formula is C17H23N5O. The molecule has 0 radical (unpaired) electrons. The Morgan fingerprint density at radius 2 is 2.17 bits per heavy atom. The summed E-state index contributed by atoms with van der Waals surface area (Å²) in [5.74, 6) is 0.0584. The number of hydrogen-bond acceptors (Lipinski definition) is 4. The predicted molar refractivity (Wildman–Crippen MR) is 87.5 cm³/mol. The van der Waals surface area contributed by atoms with Gasteiger partial charge in [0.15, 0.2) is 0 Å². The average Bonchev–Trinajstić information content (AvgIpc) is 2.97. The second-order valence-electron chi connectivity index (χ2n) is 6.02. The Bertz CT molecular complexity index is 677. The Hall–Kier alpha value is -2.21. The van der Waals surface area contributed by atoms with Gasteiger partial charge in [0.05, 0.1) is 30.2 Å². The highest BCUT2D eigenvalue weighted by atomic mass is 16.1. The normalized spacial score (nSPS) is 14.5. The maximum atomic E-state index is 11.3. The van der Waals surface area contributed by atoms with Gasteiger partial charge < -0.3 is 5.32 Å². The van der Waals surface area contributed by atoms with Crippen LogP contribution in [0, 0.1) is 6.92 Å². The van der Waals surface area contributed by atoms with Crippen molar-refractivity contribution in [3.8, 4) is 0 Å². The second kappa shape index (κ2) is 6.91. The van der Waals surface area contributed by atoms with Crippen molar-refractivity contribution in [2.24, 2.45) is 0 Å². The van der Waals surface area contributed by atoms with Crippen LogP contribution in [0.4, 0.5) is 0 Å². The summed E-state index contributed by atoms with van der Waals surface area (Å²) in [7, 11) is 0. The third-order valence-electron chi connectivity index (χ3n) is 4.07. The number of nitrogens with one attached hydrogen (secondary N) is 1. The topological polar surface area (TPSA) is 63.1 Å². The minimum Gasteiger partial charge on any atom is -0.350 e. The van der Waals surface area contributed by atoms with Crippen molar-refractivity contribution >= 4 is 5.91 Å². The molecule has 0 aromatic carbocycles. The highest BCUT2D eigenvalue weighted by molar-refractivity contribution is 5.75. The number of pyridine rings is 1. The fraction of sp³-hybridized carbons (Fsp3) is 0.471. The molecule has 1 aliphatic heterocycles. The lowest BCUT2D eigenvalue weighted by atomic mass is 10.2. The molecule has 6 nitrogen and oxygen atoms in total. The zero-order chi connectivity index (χ0) is 16.2. The van der Waals surface area contributed by atoms with Crippen LogP contribution in [0.25, 0.3) is 0 Å². The molecule has 1 aliphatic rings. The van der Waals surface area contributed by atoms with Gasteiger partial charge in [0, 0.05) is 32.3 Å². The largest absolute Gasteiger partial charge is 0.350 e. The number of amides is 1. The lowest BCUT2D eigenvalue weighted by molar-refractivity contribution is -0.120. The van der Waals surface area contributed by atoms with E-state index in [0.29, 0.717) is 13.0 Å². The summed E-state index contributed by atoms with van der Waals surface area (Å²) in [5, 5.41) is 7.45. The summed E-state index contributed by atoms with van der Waals surface area (Å²) in [6.07, 6.45) is 2.42. The van der Waals surface area contributed by atoms with Crippen LogP contribution < -0.4 is 5.32 Å². The molecule has 0 bridgehead atoms. The number of carbonyl (C=O) groups is 1. The van der Waals surface area contributed by atoms with Crippen LogP contribution >= 0.6 is 0 Å². The van der Waals surface area contributed by atoms with Crippen molar-refractivity contribution in [3.05, 3.63) is 47.0 Å². The van der Waals surface area contributed by atoms with Crippen LogP contribution in [-0.4, -0.2) is 32.1 Å². The molecule has 2 aromatic rings. The summed E-state index contributed by atoms with van der Waals surface area (Å²) in [6, 6.07) is 6.28. The van der Waals surface area contributed by atoms with Gasteiger partial charge in [-0.15, -0.1) is 0 Å². The van der Waals surface area contributed by atoms with Gasteiger partial charge in [-0.3, -0.25) is 19.4 Å². The van der Waals surface area contributed by atoms with Gasteiger partial charge in [0.2, 0.25) is 5.91 Å². The van der Waals surface area contributed by atoms with E-state index in [-0.39, 0.29) is 5.91 Å². The van der Waals surface area contributed by atoms with E-state index >= 15 is 0 Å². The number of fused-ring (bicyclic) bond motifs is 1. The maximum Gasteiger partial charge on any atom is 0.220 e. The first-order valence-corrected chi connectivity index (χ1v) is 8.10. The van der Waals surface area contributed by atoms with Gasteiger partial charge in [0.1, 0.15) is 0 Å². The third kappa shape index (κ3) is 3.96. The van der Waals surface area contributed by atoms with Crippen LogP contribution in [0.2, 0.25) is 0 Å². The summed E-state index contributed by atoms with van der Waals surface area (Å²) in [5.41, 5.74) is 4.41. The molecule has 3 rings (SSSR count). The van der Waals surface area contributed by atoms with Gasteiger partial charge in [-0.25, -0.2) is 0 Å². The van der Waals surface area contributed by atoms with Crippen LogP contribution in [-0.2, 0) is 31.0 Å². The zero-order valence-corrected chi connectivity index (χ0v) is 13.7. The first kappa shape index (κ1) is 15.7. The molecule has 0 aliphatic carbocycles. The molecule has 0 atom stereocenters. The van der Waals surface area contributed by atoms with Crippen molar-refractivity contribution in [2.45, 2.75) is 46.4 Å².